The summed E-state index contributed by atoms with van der Waals surface area (Å²) in [6, 6.07) is 7.75. The normalized spacial score (nSPS) is 19.8. The number of amidine groups is 1. The van der Waals surface area contributed by atoms with E-state index in [1.165, 1.54) is 19.3 Å². The van der Waals surface area contributed by atoms with E-state index >= 15 is 0 Å². The van der Waals surface area contributed by atoms with Gasteiger partial charge in [-0.1, -0.05) is 44.0 Å². The van der Waals surface area contributed by atoms with Crippen LogP contribution in [0.15, 0.2) is 34.6 Å². The average Bonchev–Trinajstić information content (AvgIpc) is 3.35. The Labute approximate surface area is 180 Å². The molecule has 0 unspecified atom stereocenters. The maximum atomic E-state index is 13.5. The van der Waals surface area contributed by atoms with Gasteiger partial charge in [-0.15, -0.1) is 11.3 Å². The molecule has 1 atom stereocenters. The molecule has 1 aliphatic carbocycles. The minimum atomic E-state index is 0.0344. The molecule has 1 amide bonds. The molecule has 0 radical (unpaired) electrons. The fourth-order valence-corrected chi connectivity index (χ4v) is 5.43. The van der Waals surface area contributed by atoms with Gasteiger partial charge in [0.15, 0.2) is 5.17 Å². The van der Waals surface area contributed by atoms with Crippen molar-refractivity contribution in [2.45, 2.75) is 63.9 Å². The number of carbonyl (C=O) groups is 1. The summed E-state index contributed by atoms with van der Waals surface area (Å²) >= 11 is 3.34. The molecule has 2 heterocycles. The average molecular weight is 430 g/mol. The highest BCUT2D eigenvalue weighted by molar-refractivity contribution is 8.14. The van der Waals surface area contributed by atoms with Crippen LogP contribution in [0, 0.1) is 6.92 Å². The van der Waals surface area contributed by atoms with Gasteiger partial charge in [0.05, 0.1) is 17.2 Å². The molecular weight excluding hydrogens is 402 g/mol. The Morgan fingerprint density at radius 3 is 2.79 bits per heavy atom. The molecule has 7 heteroatoms. The van der Waals surface area contributed by atoms with Gasteiger partial charge in [-0.3, -0.25) is 14.7 Å². The minimum absolute atomic E-state index is 0.0344. The Kier molecular flexibility index (Phi) is 6.55. The molecule has 0 bridgehead atoms. The smallest absolute Gasteiger partial charge is 0.260 e. The van der Waals surface area contributed by atoms with Crippen LogP contribution in [0.3, 0.4) is 0 Å². The number of benzene rings is 1. The van der Waals surface area contributed by atoms with Crippen molar-refractivity contribution in [1.82, 2.24) is 9.88 Å². The number of amides is 1. The van der Waals surface area contributed by atoms with Crippen molar-refractivity contribution in [3.8, 4) is 5.75 Å². The molecule has 0 saturated heterocycles. The third-order valence-electron chi connectivity index (χ3n) is 5.29. The zero-order valence-electron chi connectivity index (χ0n) is 17.0. The lowest BCUT2D eigenvalue weighted by atomic mass is 9.94. The number of hydrogen-bond donors (Lipinski definition) is 0. The Hall–Kier alpha value is -1.86. The molecule has 2 aliphatic rings. The summed E-state index contributed by atoms with van der Waals surface area (Å²) < 4.78 is 5.90. The molecule has 2 aromatic rings. The summed E-state index contributed by atoms with van der Waals surface area (Å²) in [5.74, 6) is 0.728. The minimum Gasteiger partial charge on any atom is -0.487 e. The summed E-state index contributed by atoms with van der Waals surface area (Å²) in [5, 5.41) is 4.35. The van der Waals surface area contributed by atoms with Gasteiger partial charge < -0.3 is 4.74 Å². The van der Waals surface area contributed by atoms with Crippen LogP contribution in [-0.4, -0.2) is 38.8 Å². The zero-order valence-corrected chi connectivity index (χ0v) is 18.6. The zero-order chi connectivity index (χ0) is 20.2. The van der Waals surface area contributed by atoms with Crippen molar-refractivity contribution in [3.63, 3.8) is 0 Å². The van der Waals surface area contributed by atoms with Crippen molar-refractivity contribution in [1.29, 1.82) is 0 Å². The monoisotopic (exact) mass is 429 g/mol. The quantitative estimate of drug-likeness (QED) is 0.647. The Balaban J connectivity index is 1.52. The molecule has 1 saturated carbocycles. The Morgan fingerprint density at radius 1 is 1.28 bits per heavy atom. The highest BCUT2D eigenvalue weighted by Gasteiger charge is 2.33. The molecular formula is C22H27N3O2S2. The molecule has 1 fully saturated rings. The second-order valence-corrected chi connectivity index (χ2v) is 10.2. The van der Waals surface area contributed by atoms with Crippen molar-refractivity contribution in [2.24, 2.45) is 4.99 Å². The number of carbonyl (C=O) groups excluding carboxylic acids is 1. The molecule has 0 N–H and O–H groups in total. The number of hydrogen-bond acceptors (Lipinski definition) is 6. The number of aromatic nitrogens is 1. The van der Waals surface area contributed by atoms with Crippen LogP contribution in [0.25, 0.3) is 0 Å². The lowest BCUT2D eigenvalue weighted by Gasteiger charge is -2.34. The van der Waals surface area contributed by atoms with Gasteiger partial charge in [-0.2, -0.15) is 0 Å². The maximum Gasteiger partial charge on any atom is 0.260 e. The van der Waals surface area contributed by atoms with Crippen molar-refractivity contribution < 1.29 is 9.53 Å². The molecule has 1 aliphatic heterocycles. The van der Waals surface area contributed by atoms with E-state index in [0.29, 0.717) is 23.2 Å². The van der Waals surface area contributed by atoms with Gasteiger partial charge in [0.1, 0.15) is 12.4 Å². The highest BCUT2D eigenvalue weighted by Crippen LogP contribution is 2.31. The third kappa shape index (κ3) is 5.01. The van der Waals surface area contributed by atoms with Gasteiger partial charge in [0, 0.05) is 22.2 Å². The largest absolute Gasteiger partial charge is 0.487 e. The van der Waals surface area contributed by atoms with E-state index in [4.69, 9.17) is 4.74 Å². The highest BCUT2D eigenvalue weighted by atomic mass is 32.2. The molecule has 4 rings (SSSR count). The lowest BCUT2D eigenvalue weighted by Crippen LogP contribution is -2.44. The number of aliphatic imine (C=N–C) groups is 1. The Bertz CT molecular complexity index is 890. The van der Waals surface area contributed by atoms with Gasteiger partial charge in [-0.05, 0) is 38.0 Å². The second kappa shape index (κ2) is 9.30. The number of nitrogens with zero attached hydrogens (tertiary/aromatic N) is 3. The predicted octanol–water partition coefficient (Wildman–Crippen LogP) is 5.30. The van der Waals surface area contributed by atoms with E-state index in [1.807, 2.05) is 41.5 Å². The third-order valence-corrected chi connectivity index (χ3v) is 7.20. The van der Waals surface area contributed by atoms with Crippen LogP contribution >= 0.6 is 23.1 Å². The van der Waals surface area contributed by atoms with Gasteiger partial charge in [0.25, 0.3) is 5.91 Å². The summed E-state index contributed by atoms with van der Waals surface area (Å²) in [7, 11) is 0. The molecule has 29 heavy (non-hydrogen) atoms. The van der Waals surface area contributed by atoms with E-state index in [-0.39, 0.29) is 11.9 Å². The molecule has 0 spiro atoms. The number of ether oxygens (including phenoxy) is 1. The topological polar surface area (TPSA) is 54.8 Å². The predicted molar refractivity (Wildman–Crippen MR) is 120 cm³/mol. The number of thiazole rings is 1. The van der Waals surface area contributed by atoms with E-state index in [1.54, 1.807) is 23.1 Å². The van der Waals surface area contributed by atoms with Crippen LogP contribution in [0.5, 0.6) is 5.75 Å². The summed E-state index contributed by atoms with van der Waals surface area (Å²) in [6.45, 7) is 5.35. The van der Waals surface area contributed by atoms with Crippen LogP contribution in [-0.2, 0) is 6.61 Å². The number of aryl methyl sites for hydroxylation is 1. The van der Waals surface area contributed by atoms with Crippen molar-refractivity contribution in [2.75, 3.05) is 6.54 Å². The van der Waals surface area contributed by atoms with E-state index in [0.717, 1.165) is 35.3 Å². The SMILES string of the molecule is Cc1nc(COc2cccc(C(=O)N(C3=NC[C@@H](C)S3)C3CCCCC3)c2)cs1. The first-order chi connectivity index (χ1) is 14.1. The summed E-state index contributed by atoms with van der Waals surface area (Å²) in [5.41, 5.74) is 1.57. The standard InChI is InChI=1S/C22H27N3O2S2/c1-15-12-23-22(29-15)25(19-8-4-3-5-9-19)21(26)17-7-6-10-20(11-17)27-13-18-14-28-16(2)24-18/h6-7,10-11,14-15,19H,3-5,8-9,12-13H2,1-2H3/t15-/m1/s1. The molecule has 5 nitrogen and oxygen atoms in total. The van der Waals surface area contributed by atoms with Gasteiger partial charge >= 0.3 is 0 Å². The number of rotatable bonds is 5. The summed E-state index contributed by atoms with van der Waals surface area (Å²) in [6.07, 6.45) is 5.72. The Morgan fingerprint density at radius 2 is 2.10 bits per heavy atom. The van der Waals surface area contributed by atoms with E-state index < -0.39 is 0 Å². The van der Waals surface area contributed by atoms with Crippen LogP contribution in [0.4, 0.5) is 0 Å². The van der Waals surface area contributed by atoms with Crippen LogP contribution < -0.4 is 4.74 Å². The van der Waals surface area contributed by atoms with Gasteiger partial charge in [0.2, 0.25) is 0 Å². The van der Waals surface area contributed by atoms with Crippen molar-refractivity contribution >= 4 is 34.2 Å². The number of thioether (sulfide) groups is 1. The first-order valence-corrected chi connectivity index (χ1v) is 12.0. The fourth-order valence-electron chi connectivity index (χ4n) is 3.83. The second-order valence-electron chi connectivity index (χ2n) is 7.69. The molecule has 1 aromatic heterocycles. The van der Waals surface area contributed by atoms with E-state index in [2.05, 4.69) is 16.9 Å². The first kappa shape index (κ1) is 20.4. The first-order valence-electron chi connectivity index (χ1n) is 10.3. The molecule has 154 valence electrons. The van der Waals surface area contributed by atoms with Crippen LogP contribution in [0.2, 0.25) is 0 Å². The van der Waals surface area contributed by atoms with Crippen molar-refractivity contribution in [3.05, 3.63) is 45.9 Å². The van der Waals surface area contributed by atoms with E-state index in [9.17, 15) is 4.79 Å². The summed E-state index contributed by atoms with van der Waals surface area (Å²) in [4.78, 5) is 24.6. The van der Waals surface area contributed by atoms with Gasteiger partial charge in [-0.25, -0.2) is 4.98 Å². The molecule has 1 aromatic carbocycles. The van der Waals surface area contributed by atoms with Crippen LogP contribution in [0.1, 0.15) is 60.1 Å². The maximum absolute atomic E-state index is 13.5. The fraction of sp³-hybridized carbons (Fsp3) is 0.500. The lowest BCUT2D eigenvalue weighted by molar-refractivity contribution is 0.0780.